The zero-order valence-electron chi connectivity index (χ0n) is 12.8. The van der Waals surface area contributed by atoms with E-state index in [4.69, 9.17) is 0 Å². The zero-order valence-corrected chi connectivity index (χ0v) is 12.8. The zero-order chi connectivity index (χ0) is 15.6. The van der Waals surface area contributed by atoms with Gasteiger partial charge in [0.25, 0.3) is 5.91 Å². The summed E-state index contributed by atoms with van der Waals surface area (Å²) in [5.74, 6) is 1.86. The second-order valence-corrected chi connectivity index (χ2v) is 5.76. The molecule has 118 valence electrons. The molecular weight excluding hydrogens is 292 g/mol. The van der Waals surface area contributed by atoms with Gasteiger partial charge >= 0.3 is 0 Å². The van der Waals surface area contributed by atoms with Crippen molar-refractivity contribution in [1.29, 1.82) is 0 Å². The predicted molar refractivity (Wildman–Crippen MR) is 84.2 cm³/mol. The van der Waals surface area contributed by atoms with Crippen molar-refractivity contribution in [3.63, 3.8) is 0 Å². The summed E-state index contributed by atoms with van der Waals surface area (Å²) in [5, 5.41) is 11.4. The minimum Gasteiger partial charge on any atom is -0.350 e. The van der Waals surface area contributed by atoms with Crippen LogP contribution in [0.5, 0.6) is 0 Å². The maximum Gasteiger partial charge on any atom is 0.270 e. The van der Waals surface area contributed by atoms with Crippen molar-refractivity contribution in [1.82, 2.24) is 29.5 Å². The average molecular weight is 310 g/mol. The summed E-state index contributed by atoms with van der Waals surface area (Å²) in [6.45, 7) is 1.52. The van der Waals surface area contributed by atoms with Gasteiger partial charge in [0.15, 0.2) is 0 Å². The van der Waals surface area contributed by atoms with E-state index in [0.717, 1.165) is 30.1 Å². The molecule has 0 fully saturated rings. The van der Waals surface area contributed by atoms with Crippen LogP contribution in [0.25, 0.3) is 5.52 Å². The number of aryl methyl sites for hydroxylation is 1. The number of rotatable bonds is 4. The fraction of sp³-hybridized carbons (Fsp3) is 0.375. The molecule has 0 aliphatic carbocycles. The van der Waals surface area contributed by atoms with Gasteiger partial charge in [-0.2, -0.15) is 0 Å². The number of hydrogen-bond acceptors (Lipinski definition) is 4. The summed E-state index contributed by atoms with van der Waals surface area (Å²) in [5.41, 5.74) is 1.39. The molecule has 0 radical (unpaired) electrons. The summed E-state index contributed by atoms with van der Waals surface area (Å²) in [6.07, 6.45) is 7.60. The van der Waals surface area contributed by atoms with E-state index in [9.17, 15) is 4.79 Å². The Morgan fingerprint density at radius 1 is 1.30 bits per heavy atom. The molecule has 1 N–H and O–H groups in total. The summed E-state index contributed by atoms with van der Waals surface area (Å²) < 4.78 is 4.06. The quantitative estimate of drug-likeness (QED) is 0.786. The third kappa shape index (κ3) is 2.69. The van der Waals surface area contributed by atoms with E-state index < -0.39 is 0 Å². The van der Waals surface area contributed by atoms with Crippen LogP contribution in [0.2, 0.25) is 0 Å². The van der Waals surface area contributed by atoms with Crippen LogP contribution >= 0.6 is 0 Å². The highest BCUT2D eigenvalue weighted by Gasteiger charge is 2.15. The van der Waals surface area contributed by atoms with Crippen molar-refractivity contribution in [2.75, 3.05) is 6.54 Å². The number of carbonyl (C=O) groups is 1. The molecule has 0 bridgehead atoms. The molecule has 3 aromatic heterocycles. The van der Waals surface area contributed by atoms with Crippen molar-refractivity contribution in [3.8, 4) is 0 Å². The lowest BCUT2D eigenvalue weighted by molar-refractivity contribution is 0.0949. The molecule has 0 saturated carbocycles. The molecule has 0 atom stereocenters. The van der Waals surface area contributed by atoms with Gasteiger partial charge in [0.2, 0.25) is 0 Å². The van der Waals surface area contributed by atoms with E-state index in [2.05, 4.69) is 25.1 Å². The lowest BCUT2D eigenvalue weighted by Gasteiger charge is -2.14. The third-order valence-corrected chi connectivity index (χ3v) is 4.22. The molecule has 0 spiro atoms. The second-order valence-electron chi connectivity index (χ2n) is 5.76. The van der Waals surface area contributed by atoms with Crippen LogP contribution < -0.4 is 5.32 Å². The molecular formula is C16H18N6O. The van der Waals surface area contributed by atoms with E-state index in [1.165, 1.54) is 12.8 Å². The van der Waals surface area contributed by atoms with Gasteiger partial charge in [0, 0.05) is 37.6 Å². The minimum atomic E-state index is -0.160. The topological polar surface area (TPSA) is 77.1 Å². The summed E-state index contributed by atoms with van der Waals surface area (Å²) in [4.78, 5) is 16.4. The van der Waals surface area contributed by atoms with E-state index >= 15 is 0 Å². The summed E-state index contributed by atoms with van der Waals surface area (Å²) in [7, 11) is 0. The first kappa shape index (κ1) is 13.9. The number of fused-ring (bicyclic) bond motifs is 2. The largest absolute Gasteiger partial charge is 0.350 e. The summed E-state index contributed by atoms with van der Waals surface area (Å²) >= 11 is 0. The molecule has 7 nitrogen and oxygen atoms in total. The number of amides is 1. The van der Waals surface area contributed by atoms with Crippen LogP contribution in [0.15, 0.2) is 30.7 Å². The normalized spacial score (nSPS) is 13.9. The Labute approximate surface area is 133 Å². The van der Waals surface area contributed by atoms with E-state index in [1.54, 1.807) is 12.4 Å². The van der Waals surface area contributed by atoms with Gasteiger partial charge in [0.1, 0.15) is 17.3 Å². The van der Waals surface area contributed by atoms with Crippen molar-refractivity contribution < 1.29 is 4.79 Å². The third-order valence-electron chi connectivity index (χ3n) is 4.22. The maximum absolute atomic E-state index is 12.2. The monoisotopic (exact) mass is 310 g/mol. The molecule has 23 heavy (non-hydrogen) atoms. The molecule has 4 rings (SSSR count). The number of hydrogen-bond donors (Lipinski definition) is 1. The average Bonchev–Trinajstić information content (AvgIpc) is 3.21. The van der Waals surface area contributed by atoms with Crippen molar-refractivity contribution >= 4 is 11.4 Å². The van der Waals surface area contributed by atoms with Gasteiger partial charge in [-0.05, 0) is 31.0 Å². The SMILES string of the molecule is O=C(NCCc1nnc2n1CCCC2)c1cc2cccn2cn1. The molecule has 0 unspecified atom stereocenters. The van der Waals surface area contributed by atoms with Crippen LogP contribution in [0, 0.1) is 0 Å². The van der Waals surface area contributed by atoms with Gasteiger partial charge < -0.3 is 14.3 Å². The van der Waals surface area contributed by atoms with Gasteiger partial charge in [-0.1, -0.05) is 0 Å². The number of nitrogens with one attached hydrogen (secondary N) is 1. The lowest BCUT2D eigenvalue weighted by Crippen LogP contribution is -2.27. The van der Waals surface area contributed by atoms with Gasteiger partial charge in [-0.3, -0.25) is 4.79 Å². The molecule has 4 heterocycles. The standard InChI is InChI=1S/C16H18N6O/c23-16(13-10-12-4-3-8-21(12)11-18-13)17-7-6-15-20-19-14-5-1-2-9-22(14)15/h3-4,8,10-11H,1-2,5-7,9H2,(H,17,23). The van der Waals surface area contributed by atoms with Crippen LogP contribution in [0.3, 0.4) is 0 Å². The van der Waals surface area contributed by atoms with Crippen LogP contribution in [0.1, 0.15) is 35.0 Å². The van der Waals surface area contributed by atoms with Crippen LogP contribution in [0.4, 0.5) is 0 Å². The Hall–Kier alpha value is -2.70. The highest BCUT2D eigenvalue weighted by molar-refractivity contribution is 5.93. The smallest absolute Gasteiger partial charge is 0.270 e. The fourth-order valence-corrected chi connectivity index (χ4v) is 2.99. The lowest BCUT2D eigenvalue weighted by atomic mass is 10.1. The van der Waals surface area contributed by atoms with E-state index in [-0.39, 0.29) is 5.91 Å². The Balaban J connectivity index is 1.39. The van der Waals surface area contributed by atoms with Crippen LogP contribution in [-0.4, -0.2) is 36.6 Å². The van der Waals surface area contributed by atoms with Crippen LogP contribution in [-0.2, 0) is 19.4 Å². The fourth-order valence-electron chi connectivity index (χ4n) is 2.99. The number of carbonyl (C=O) groups excluding carboxylic acids is 1. The van der Waals surface area contributed by atoms with Crippen molar-refractivity contribution in [3.05, 3.63) is 48.1 Å². The highest BCUT2D eigenvalue weighted by Crippen LogP contribution is 2.14. The first-order chi connectivity index (χ1) is 11.3. The van der Waals surface area contributed by atoms with Gasteiger partial charge in [0.05, 0.1) is 6.33 Å². The molecule has 1 aliphatic rings. The van der Waals surface area contributed by atoms with Crippen molar-refractivity contribution in [2.45, 2.75) is 32.2 Å². The molecule has 3 aromatic rings. The molecule has 1 amide bonds. The second kappa shape index (κ2) is 5.83. The summed E-state index contributed by atoms with van der Waals surface area (Å²) in [6, 6.07) is 5.66. The van der Waals surface area contributed by atoms with Crippen molar-refractivity contribution in [2.24, 2.45) is 0 Å². The van der Waals surface area contributed by atoms with E-state index in [1.807, 2.05) is 22.7 Å². The van der Waals surface area contributed by atoms with E-state index in [0.29, 0.717) is 18.7 Å². The minimum absolute atomic E-state index is 0.160. The number of nitrogens with zero attached hydrogens (tertiary/aromatic N) is 5. The first-order valence-electron chi connectivity index (χ1n) is 7.93. The molecule has 0 aromatic carbocycles. The Morgan fingerprint density at radius 2 is 2.26 bits per heavy atom. The highest BCUT2D eigenvalue weighted by atomic mass is 16.1. The maximum atomic E-state index is 12.2. The first-order valence-corrected chi connectivity index (χ1v) is 7.93. The predicted octanol–water partition coefficient (Wildman–Crippen LogP) is 1.23. The Bertz CT molecular complexity index is 849. The van der Waals surface area contributed by atoms with Gasteiger partial charge in [-0.25, -0.2) is 4.98 Å². The Morgan fingerprint density at radius 3 is 3.22 bits per heavy atom. The molecule has 7 heteroatoms. The molecule has 0 saturated heterocycles. The number of aromatic nitrogens is 5. The molecule has 1 aliphatic heterocycles. The Kier molecular flexibility index (Phi) is 3.53. The van der Waals surface area contributed by atoms with Gasteiger partial charge in [-0.15, -0.1) is 10.2 Å².